The van der Waals surface area contributed by atoms with E-state index >= 15 is 0 Å². The summed E-state index contributed by atoms with van der Waals surface area (Å²) in [6.07, 6.45) is 43.7. The molecule has 0 rings (SSSR count). The van der Waals surface area contributed by atoms with Gasteiger partial charge in [-0.05, 0) is 77.0 Å². The van der Waals surface area contributed by atoms with Crippen molar-refractivity contribution >= 4 is 19.8 Å². The molecule has 0 unspecified atom stereocenters. The van der Waals surface area contributed by atoms with Crippen LogP contribution in [0.4, 0.5) is 0 Å². The molecular formula is C40H69O8P. The zero-order chi connectivity index (χ0) is 36.1. The molecule has 0 aromatic carbocycles. The summed E-state index contributed by atoms with van der Waals surface area (Å²) in [4.78, 5) is 42.7. The second kappa shape index (κ2) is 35.6. The van der Waals surface area contributed by atoms with Gasteiger partial charge < -0.3 is 19.3 Å². The minimum atomic E-state index is -4.77. The first-order valence-electron chi connectivity index (χ1n) is 19.1. The Labute approximate surface area is 298 Å². The van der Waals surface area contributed by atoms with Gasteiger partial charge in [-0.25, -0.2) is 4.57 Å². The van der Waals surface area contributed by atoms with E-state index < -0.39 is 32.5 Å². The maximum absolute atomic E-state index is 12.3. The highest BCUT2D eigenvalue weighted by Crippen LogP contribution is 2.36. The molecule has 0 aliphatic rings. The Morgan fingerprint density at radius 3 is 1.49 bits per heavy atom. The molecule has 0 aromatic heterocycles. The molecule has 8 nitrogen and oxygen atoms in total. The molecule has 0 radical (unpaired) electrons. The molecule has 0 aromatic rings. The van der Waals surface area contributed by atoms with E-state index in [1.807, 2.05) is 6.08 Å². The van der Waals surface area contributed by atoms with Gasteiger partial charge in [0, 0.05) is 12.8 Å². The Hall–Kier alpha value is -2.25. The molecule has 9 heteroatoms. The van der Waals surface area contributed by atoms with E-state index in [2.05, 4.69) is 73.1 Å². The fourth-order valence-corrected chi connectivity index (χ4v) is 5.25. The molecule has 0 saturated carbocycles. The van der Waals surface area contributed by atoms with Crippen LogP contribution in [0.3, 0.4) is 0 Å². The second-order valence-corrected chi connectivity index (χ2v) is 13.8. The van der Waals surface area contributed by atoms with Crippen LogP contribution < -0.4 is 0 Å². The number of phosphoric acid groups is 1. The summed E-state index contributed by atoms with van der Waals surface area (Å²) >= 11 is 0. The number of phosphoric ester groups is 1. The van der Waals surface area contributed by atoms with Crippen molar-refractivity contribution in [2.24, 2.45) is 0 Å². The zero-order valence-corrected chi connectivity index (χ0v) is 31.7. The van der Waals surface area contributed by atoms with E-state index in [9.17, 15) is 14.2 Å². The van der Waals surface area contributed by atoms with Gasteiger partial charge in [0.05, 0.1) is 6.61 Å². The molecular weight excluding hydrogens is 639 g/mol. The summed E-state index contributed by atoms with van der Waals surface area (Å²) in [7, 11) is -4.77. The summed E-state index contributed by atoms with van der Waals surface area (Å²) in [6, 6.07) is 0. The van der Waals surface area contributed by atoms with Crippen LogP contribution >= 0.6 is 7.82 Å². The summed E-state index contributed by atoms with van der Waals surface area (Å²) in [6.45, 7) is 3.57. The van der Waals surface area contributed by atoms with Crippen molar-refractivity contribution in [3.63, 3.8) is 0 Å². The normalized spacial score (nSPS) is 13.1. The lowest BCUT2D eigenvalue weighted by Gasteiger charge is -2.18. The average molecular weight is 709 g/mol. The van der Waals surface area contributed by atoms with E-state index in [1.165, 1.54) is 57.8 Å². The lowest BCUT2D eigenvalue weighted by Crippen LogP contribution is -2.29. The van der Waals surface area contributed by atoms with Crippen LogP contribution in [0.2, 0.25) is 0 Å². The predicted octanol–water partition coefficient (Wildman–Crippen LogP) is 11.3. The number of esters is 2. The molecule has 0 aliphatic carbocycles. The molecule has 0 bridgehead atoms. The van der Waals surface area contributed by atoms with E-state index in [0.29, 0.717) is 12.8 Å². The first-order chi connectivity index (χ1) is 23.8. The summed E-state index contributed by atoms with van der Waals surface area (Å²) in [5.74, 6) is -0.965. The first-order valence-corrected chi connectivity index (χ1v) is 20.6. The third-order valence-corrected chi connectivity index (χ3v) is 8.24. The average Bonchev–Trinajstić information content (AvgIpc) is 3.07. The summed E-state index contributed by atoms with van der Waals surface area (Å²) in [5, 5.41) is 0. The van der Waals surface area contributed by atoms with Crippen molar-refractivity contribution in [3.05, 3.63) is 60.8 Å². The van der Waals surface area contributed by atoms with Crippen molar-refractivity contribution in [2.75, 3.05) is 13.2 Å². The van der Waals surface area contributed by atoms with E-state index in [0.717, 1.165) is 64.2 Å². The van der Waals surface area contributed by atoms with E-state index in [4.69, 9.17) is 19.3 Å². The lowest BCUT2D eigenvalue weighted by molar-refractivity contribution is -0.161. The maximum Gasteiger partial charge on any atom is 0.469 e. The van der Waals surface area contributed by atoms with Crippen molar-refractivity contribution in [1.29, 1.82) is 0 Å². The van der Waals surface area contributed by atoms with Gasteiger partial charge in [0.25, 0.3) is 0 Å². The van der Waals surface area contributed by atoms with Gasteiger partial charge in [-0.1, -0.05) is 132 Å². The number of carbonyl (C=O) groups is 2. The molecule has 0 aliphatic heterocycles. The number of unbranched alkanes of at least 4 members (excludes halogenated alkanes) is 14. The summed E-state index contributed by atoms with van der Waals surface area (Å²) in [5.41, 5.74) is 0. The number of hydrogen-bond acceptors (Lipinski definition) is 6. The Kier molecular flexibility index (Phi) is 33.9. The fraction of sp³-hybridized carbons (Fsp3) is 0.700. The molecule has 0 heterocycles. The molecule has 0 fully saturated rings. The summed E-state index contributed by atoms with van der Waals surface area (Å²) < 4.78 is 26.2. The maximum atomic E-state index is 12.3. The highest BCUT2D eigenvalue weighted by molar-refractivity contribution is 7.46. The van der Waals surface area contributed by atoms with Crippen molar-refractivity contribution in [1.82, 2.24) is 0 Å². The lowest BCUT2D eigenvalue weighted by atomic mass is 10.1. The van der Waals surface area contributed by atoms with Gasteiger partial charge in [-0.2, -0.15) is 0 Å². The van der Waals surface area contributed by atoms with Crippen molar-refractivity contribution in [3.8, 4) is 0 Å². The third-order valence-electron chi connectivity index (χ3n) is 7.76. The van der Waals surface area contributed by atoms with Gasteiger partial charge in [0.1, 0.15) is 6.61 Å². The van der Waals surface area contributed by atoms with Crippen LogP contribution in [-0.4, -0.2) is 41.0 Å². The van der Waals surface area contributed by atoms with Crippen LogP contribution in [0.25, 0.3) is 0 Å². The number of ether oxygens (including phenoxy) is 2. The van der Waals surface area contributed by atoms with Gasteiger partial charge in [-0.15, -0.1) is 0 Å². The van der Waals surface area contributed by atoms with Gasteiger partial charge in [0.15, 0.2) is 6.10 Å². The predicted molar refractivity (Wildman–Crippen MR) is 202 cm³/mol. The van der Waals surface area contributed by atoms with E-state index in [1.54, 1.807) is 0 Å². The highest BCUT2D eigenvalue weighted by Gasteiger charge is 2.22. The van der Waals surface area contributed by atoms with Crippen LogP contribution in [0.15, 0.2) is 60.8 Å². The fourth-order valence-electron chi connectivity index (χ4n) is 4.89. The van der Waals surface area contributed by atoms with Gasteiger partial charge >= 0.3 is 19.8 Å². The van der Waals surface area contributed by atoms with Crippen molar-refractivity contribution < 1.29 is 37.9 Å². The second-order valence-electron chi connectivity index (χ2n) is 12.5. The minimum Gasteiger partial charge on any atom is -0.462 e. The topological polar surface area (TPSA) is 119 Å². The van der Waals surface area contributed by atoms with Gasteiger partial charge in [0.2, 0.25) is 0 Å². The monoisotopic (exact) mass is 708 g/mol. The first kappa shape index (κ1) is 46.8. The quantitative estimate of drug-likeness (QED) is 0.0293. The standard InChI is InChI=1S/C40H69O8P/c1-3-5-7-9-11-13-15-17-19-20-21-23-24-26-28-30-32-34-39(41)46-36-38(37-47-49(43,44)45)48-40(42)35-33-31-29-27-25-22-18-16-14-12-10-8-6-4-2/h11,13,16-19,21,23,26,28,38H,3-10,12,14-15,20,22,24-25,27,29-37H2,1-2H3,(H2,43,44,45)/b13-11+,18-16+,19-17+,23-21+,28-26+/t38-/m1/s1. The van der Waals surface area contributed by atoms with Crippen LogP contribution in [-0.2, 0) is 28.2 Å². The Bertz CT molecular complexity index is 979. The third kappa shape index (κ3) is 38.4. The van der Waals surface area contributed by atoms with Gasteiger partial charge in [-0.3, -0.25) is 14.1 Å². The van der Waals surface area contributed by atoms with Crippen molar-refractivity contribution in [2.45, 2.75) is 168 Å². The van der Waals surface area contributed by atoms with Crippen LogP contribution in [0.5, 0.6) is 0 Å². The molecule has 282 valence electrons. The Balaban J connectivity index is 4.09. The van der Waals surface area contributed by atoms with Crippen LogP contribution in [0, 0.1) is 0 Å². The Morgan fingerprint density at radius 2 is 0.939 bits per heavy atom. The molecule has 0 amide bonds. The molecule has 0 spiro atoms. The minimum absolute atomic E-state index is 0.187. The Morgan fingerprint density at radius 1 is 0.531 bits per heavy atom. The largest absolute Gasteiger partial charge is 0.469 e. The zero-order valence-electron chi connectivity index (χ0n) is 30.8. The number of hydrogen-bond donors (Lipinski definition) is 2. The number of rotatable bonds is 34. The number of carbonyl (C=O) groups excluding carboxylic acids is 2. The molecule has 2 N–H and O–H groups in total. The molecule has 49 heavy (non-hydrogen) atoms. The highest BCUT2D eigenvalue weighted by atomic mass is 31.2. The van der Waals surface area contributed by atoms with Crippen LogP contribution in [0.1, 0.15) is 162 Å². The molecule has 0 saturated heterocycles. The SMILES string of the molecule is CCCCC/C=C/C/C=C/C/C=C/C/C=C/CCCC(=O)OC[C@H](COP(=O)(O)O)OC(=O)CCCCCCC/C=C/CCCCCCC. The van der Waals surface area contributed by atoms with E-state index in [-0.39, 0.29) is 19.4 Å². The smallest absolute Gasteiger partial charge is 0.462 e. The number of allylic oxidation sites excluding steroid dienone is 10. The molecule has 1 atom stereocenters.